The van der Waals surface area contributed by atoms with Crippen LogP contribution in [0, 0.1) is 0 Å². The monoisotopic (exact) mass is 414 g/mol. The van der Waals surface area contributed by atoms with E-state index >= 15 is 0 Å². The molecule has 6 nitrogen and oxygen atoms in total. The van der Waals surface area contributed by atoms with Crippen molar-refractivity contribution in [3.63, 3.8) is 0 Å². The van der Waals surface area contributed by atoms with Gasteiger partial charge in [0.05, 0.1) is 28.1 Å². The van der Waals surface area contributed by atoms with Crippen LogP contribution in [0.25, 0.3) is 17.0 Å². The topological polar surface area (TPSA) is 69.7 Å². The predicted molar refractivity (Wildman–Crippen MR) is 117 cm³/mol. The third-order valence-electron chi connectivity index (χ3n) is 5.15. The van der Waals surface area contributed by atoms with Crippen molar-refractivity contribution in [2.75, 3.05) is 5.32 Å². The molecule has 1 saturated heterocycles. The summed E-state index contributed by atoms with van der Waals surface area (Å²) in [5, 5.41) is 3.45. The highest BCUT2D eigenvalue weighted by Crippen LogP contribution is 2.39. The number of carbonyl (C=O) groups is 1. The number of ether oxygens (including phenoxy) is 1. The molecule has 160 valence electrons. The van der Waals surface area contributed by atoms with Gasteiger partial charge in [0.15, 0.2) is 0 Å². The maximum absolute atomic E-state index is 14.8. The van der Waals surface area contributed by atoms with E-state index in [4.69, 9.17) is 14.0 Å². The predicted octanol–water partition coefficient (Wildman–Crippen LogP) is 5.52. The van der Waals surface area contributed by atoms with Gasteiger partial charge >= 0.3 is 13.2 Å². The summed E-state index contributed by atoms with van der Waals surface area (Å²) in [6.07, 6.45) is 0.751. The van der Waals surface area contributed by atoms with Crippen LogP contribution >= 0.6 is 0 Å². The van der Waals surface area contributed by atoms with Crippen LogP contribution in [-0.2, 0) is 14.0 Å². The first-order valence-electron chi connectivity index (χ1n) is 9.90. The number of carbonyl (C=O) groups excluding carboxylic acids is 1. The Balaban J connectivity index is 1.83. The first-order valence-corrected chi connectivity index (χ1v) is 9.90. The Bertz CT molecular complexity index is 982. The Morgan fingerprint density at radius 1 is 1.13 bits per heavy atom. The summed E-state index contributed by atoms with van der Waals surface area (Å²) < 4.78 is 31.6. The number of amides is 1. The molecule has 30 heavy (non-hydrogen) atoms. The highest BCUT2D eigenvalue weighted by molar-refractivity contribution is 6.54. The molecule has 8 heteroatoms. The van der Waals surface area contributed by atoms with Gasteiger partial charge in [0.1, 0.15) is 11.3 Å². The van der Waals surface area contributed by atoms with Gasteiger partial charge in [-0.05, 0) is 78.8 Å². The summed E-state index contributed by atoms with van der Waals surface area (Å²) in [6.45, 7) is 12.9. The van der Waals surface area contributed by atoms with E-state index in [1.165, 1.54) is 6.08 Å². The molecule has 0 saturated carbocycles. The fourth-order valence-electron chi connectivity index (χ4n) is 2.94. The Morgan fingerprint density at radius 3 is 2.37 bits per heavy atom. The van der Waals surface area contributed by atoms with Crippen LogP contribution in [0.3, 0.4) is 0 Å². The van der Waals surface area contributed by atoms with Crippen LogP contribution in [0.1, 0.15) is 54.2 Å². The largest absolute Gasteiger partial charge is 0.525 e. The molecule has 0 bridgehead atoms. The number of rotatable bonds is 3. The van der Waals surface area contributed by atoms with Crippen molar-refractivity contribution < 1.29 is 23.2 Å². The number of benzene rings is 1. The number of hydrogen-bond donors (Lipinski definition) is 1. The molecule has 1 fully saturated rings. The average molecular weight is 414 g/mol. The number of halogens is 1. The molecule has 2 heterocycles. The van der Waals surface area contributed by atoms with Crippen molar-refractivity contribution in [2.24, 2.45) is 0 Å². The summed E-state index contributed by atoms with van der Waals surface area (Å²) in [7, 11) is -1.08. The zero-order valence-electron chi connectivity index (χ0n) is 18.5. The van der Waals surface area contributed by atoms with Crippen molar-refractivity contribution in [1.82, 2.24) is 4.98 Å². The molecule has 0 unspecified atom stereocenters. The molecule has 1 aromatic carbocycles. The lowest BCUT2D eigenvalue weighted by Crippen LogP contribution is -2.41. The van der Waals surface area contributed by atoms with Gasteiger partial charge in [-0.15, -0.1) is 0 Å². The molecule has 0 radical (unpaired) electrons. The fourth-order valence-corrected chi connectivity index (χ4v) is 2.94. The number of nitrogens with zero attached hydrogens (tertiary/aromatic N) is 1. The van der Waals surface area contributed by atoms with Gasteiger partial charge in [-0.25, -0.2) is 14.2 Å². The van der Waals surface area contributed by atoms with E-state index in [9.17, 15) is 9.18 Å². The summed E-state index contributed by atoms with van der Waals surface area (Å²) in [5.74, 6) is 0. The number of anilines is 1. The standard InChI is InChI=1S/C22H28BFN2O4/c1-20(2,3)28-19(27)26-17-10-8-9-16-15(17)12-11-14(25-16)13-18(24)23-29-21(4,5)22(6,7)30-23/h8-13H,1-7H3,(H,26,27). The molecule has 1 aromatic heterocycles. The minimum atomic E-state index is -1.08. The lowest BCUT2D eigenvalue weighted by molar-refractivity contribution is 0.00578. The van der Waals surface area contributed by atoms with E-state index in [1.807, 2.05) is 27.7 Å². The zero-order chi connectivity index (χ0) is 22.3. The molecule has 1 amide bonds. The molecule has 0 aliphatic carbocycles. The van der Waals surface area contributed by atoms with E-state index < -0.39 is 35.7 Å². The molecule has 1 aliphatic heterocycles. The molecule has 0 spiro atoms. The summed E-state index contributed by atoms with van der Waals surface area (Å²) >= 11 is 0. The summed E-state index contributed by atoms with van der Waals surface area (Å²) in [6, 6.07) is 8.76. The van der Waals surface area contributed by atoms with Gasteiger partial charge in [-0.1, -0.05) is 6.07 Å². The van der Waals surface area contributed by atoms with Crippen molar-refractivity contribution in [2.45, 2.75) is 65.3 Å². The third-order valence-corrected chi connectivity index (χ3v) is 5.15. The quantitative estimate of drug-likeness (QED) is 0.670. The molecule has 0 atom stereocenters. The lowest BCUT2D eigenvalue weighted by Gasteiger charge is -2.32. The van der Waals surface area contributed by atoms with Gasteiger partial charge in [-0.3, -0.25) is 5.32 Å². The highest BCUT2D eigenvalue weighted by Gasteiger charge is 2.53. The second-order valence-corrected chi connectivity index (χ2v) is 9.35. The number of hydrogen-bond acceptors (Lipinski definition) is 5. The maximum atomic E-state index is 14.8. The van der Waals surface area contributed by atoms with Crippen LogP contribution < -0.4 is 5.32 Å². The molecule has 1 N–H and O–H groups in total. The second kappa shape index (κ2) is 7.67. The summed E-state index contributed by atoms with van der Waals surface area (Å²) in [5.41, 5.74) is -0.803. The second-order valence-electron chi connectivity index (χ2n) is 9.35. The van der Waals surface area contributed by atoms with Gasteiger partial charge < -0.3 is 14.0 Å². The molecule has 2 aromatic rings. The highest BCUT2D eigenvalue weighted by atomic mass is 19.1. The molecular formula is C22H28BFN2O4. The fraction of sp³-hybridized carbons (Fsp3) is 0.455. The number of nitrogens with one attached hydrogen (secondary N) is 1. The Hall–Kier alpha value is -2.45. The number of aromatic nitrogens is 1. The molecular weight excluding hydrogens is 386 g/mol. The first-order chi connectivity index (χ1) is 13.8. The van der Waals surface area contributed by atoms with Crippen molar-refractivity contribution >= 4 is 35.9 Å². The third kappa shape index (κ3) is 4.82. The lowest BCUT2D eigenvalue weighted by atomic mass is 9.87. The van der Waals surface area contributed by atoms with Crippen LogP contribution in [0.15, 0.2) is 36.1 Å². The number of pyridine rings is 1. The van der Waals surface area contributed by atoms with Crippen LogP contribution in [0.2, 0.25) is 0 Å². The van der Waals surface area contributed by atoms with Crippen LogP contribution in [-0.4, -0.2) is 35.0 Å². The first kappa shape index (κ1) is 22.2. The van der Waals surface area contributed by atoms with E-state index in [-0.39, 0.29) is 0 Å². The minimum absolute atomic E-state index is 0.420. The van der Waals surface area contributed by atoms with Gasteiger partial charge in [0.25, 0.3) is 0 Å². The van der Waals surface area contributed by atoms with Crippen molar-refractivity contribution in [3.05, 3.63) is 41.8 Å². The Labute approximate surface area is 176 Å². The zero-order valence-corrected chi connectivity index (χ0v) is 18.5. The maximum Gasteiger partial charge on any atom is 0.525 e. The Morgan fingerprint density at radius 2 is 1.77 bits per heavy atom. The van der Waals surface area contributed by atoms with Gasteiger partial charge in [0, 0.05) is 5.39 Å². The van der Waals surface area contributed by atoms with E-state index in [0.29, 0.717) is 16.9 Å². The average Bonchev–Trinajstić information content (AvgIpc) is 2.81. The van der Waals surface area contributed by atoms with E-state index in [0.717, 1.165) is 5.39 Å². The van der Waals surface area contributed by atoms with Crippen LogP contribution in [0.4, 0.5) is 14.9 Å². The van der Waals surface area contributed by atoms with E-state index in [1.54, 1.807) is 51.1 Å². The van der Waals surface area contributed by atoms with Crippen LogP contribution in [0.5, 0.6) is 0 Å². The van der Waals surface area contributed by atoms with E-state index in [2.05, 4.69) is 10.3 Å². The number of fused-ring (bicyclic) bond motifs is 1. The van der Waals surface area contributed by atoms with Crippen molar-refractivity contribution in [1.29, 1.82) is 0 Å². The Kier molecular flexibility index (Phi) is 5.69. The molecule has 1 aliphatic rings. The van der Waals surface area contributed by atoms with Crippen molar-refractivity contribution in [3.8, 4) is 0 Å². The molecule has 3 rings (SSSR count). The smallest absolute Gasteiger partial charge is 0.444 e. The normalized spacial score (nSPS) is 18.5. The summed E-state index contributed by atoms with van der Waals surface area (Å²) in [4.78, 5) is 16.6. The van der Waals surface area contributed by atoms with Gasteiger partial charge in [0.2, 0.25) is 0 Å². The SMILES string of the molecule is CC(C)(C)OC(=O)Nc1cccc2nc(C=C(F)B3OC(C)(C)C(C)(C)O3)ccc12. The van der Waals surface area contributed by atoms with Gasteiger partial charge in [-0.2, -0.15) is 0 Å². The minimum Gasteiger partial charge on any atom is -0.444 e.